The first kappa shape index (κ1) is 10.2. The summed E-state index contributed by atoms with van der Waals surface area (Å²) in [5.41, 5.74) is 0. The first-order valence-electron chi connectivity index (χ1n) is 4.56. The van der Waals surface area contributed by atoms with Crippen LogP contribution < -0.4 is 5.40 Å². The molecule has 0 aliphatic heterocycles. The minimum atomic E-state index is -0.737. The van der Waals surface area contributed by atoms with Gasteiger partial charge in [0.15, 0.2) is 0 Å². The van der Waals surface area contributed by atoms with Crippen LogP contribution in [-0.4, -0.2) is 8.96 Å². The van der Waals surface area contributed by atoms with E-state index in [0.29, 0.717) is 0 Å². The van der Waals surface area contributed by atoms with Gasteiger partial charge in [0.1, 0.15) is 8.96 Å². The molecule has 0 spiro atoms. The third-order valence-electron chi connectivity index (χ3n) is 1.86. The van der Waals surface area contributed by atoms with Crippen LogP contribution in [0.5, 0.6) is 0 Å². The smallest absolute Gasteiger partial charge is 0.106 e. The zero-order valence-electron chi connectivity index (χ0n) is 7.40. The molecule has 0 aromatic heterocycles. The van der Waals surface area contributed by atoms with Gasteiger partial charge in [0.25, 0.3) is 0 Å². The van der Waals surface area contributed by atoms with E-state index < -0.39 is 8.96 Å². The van der Waals surface area contributed by atoms with Gasteiger partial charge in [-0.2, -0.15) is 0 Å². The first-order valence-corrected chi connectivity index (χ1v) is 6.86. The van der Waals surface area contributed by atoms with E-state index in [2.05, 4.69) is 13.8 Å². The van der Waals surface area contributed by atoms with Gasteiger partial charge in [-0.1, -0.05) is 39.5 Å². The molecule has 0 amide bonds. The Hall–Kier alpha value is 0.177. The summed E-state index contributed by atoms with van der Waals surface area (Å²) in [6, 6.07) is 2.72. The van der Waals surface area contributed by atoms with Crippen LogP contribution in [0.25, 0.3) is 0 Å². The number of hydrogen-bond acceptors (Lipinski definition) is 1. The second-order valence-electron chi connectivity index (χ2n) is 3.04. The fraction of sp³-hybridized carbons (Fsp3) is 1.00. The average molecular weight is 159 g/mol. The molecular formula is C8H21NSi. The number of unbranched alkanes of at least 4 members (excludes halogenated alkanes) is 2. The van der Waals surface area contributed by atoms with Crippen molar-refractivity contribution in [1.29, 1.82) is 0 Å². The van der Waals surface area contributed by atoms with Crippen LogP contribution >= 0.6 is 0 Å². The Labute approximate surface area is 66.7 Å². The molecule has 0 fully saturated rings. The maximum atomic E-state index is 5.98. The highest BCUT2D eigenvalue weighted by Crippen LogP contribution is 2.04. The molecule has 0 rings (SSSR count). The van der Waals surface area contributed by atoms with E-state index in [1.54, 1.807) is 0 Å². The first-order chi connectivity index (χ1) is 4.81. The van der Waals surface area contributed by atoms with Gasteiger partial charge >= 0.3 is 0 Å². The van der Waals surface area contributed by atoms with E-state index >= 15 is 0 Å². The molecule has 0 aliphatic rings. The lowest BCUT2D eigenvalue weighted by molar-refractivity contribution is 0.839. The van der Waals surface area contributed by atoms with Crippen LogP contribution in [0, 0.1) is 0 Å². The third kappa shape index (κ3) is 6.30. The zero-order valence-corrected chi connectivity index (χ0v) is 8.55. The van der Waals surface area contributed by atoms with Crippen molar-refractivity contribution in [2.75, 3.05) is 0 Å². The number of hydrogen-bond donors (Lipinski definition) is 1. The van der Waals surface area contributed by atoms with Crippen molar-refractivity contribution in [3.63, 3.8) is 0 Å². The fourth-order valence-electron chi connectivity index (χ4n) is 1.08. The summed E-state index contributed by atoms with van der Waals surface area (Å²) in [5.74, 6) is 0. The van der Waals surface area contributed by atoms with E-state index in [9.17, 15) is 0 Å². The quantitative estimate of drug-likeness (QED) is 0.591. The Morgan fingerprint density at radius 3 is 1.70 bits per heavy atom. The molecule has 0 radical (unpaired) electrons. The lowest BCUT2D eigenvalue weighted by Crippen LogP contribution is -2.24. The van der Waals surface area contributed by atoms with E-state index in [1.165, 1.54) is 37.8 Å². The Morgan fingerprint density at radius 1 is 1.00 bits per heavy atom. The lowest BCUT2D eigenvalue weighted by Gasteiger charge is -2.06. The van der Waals surface area contributed by atoms with Crippen LogP contribution in [0.2, 0.25) is 12.1 Å². The molecule has 0 heterocycles. The summed E-state index contributed by atoms with van der Waals surface area (Å²) in [5, 5.41) is 5.98. The minimum Gasteiger partial charge on any atom is -0.353 e. The van der Waals surface area contributed by atoms with Crippen LogP contribution in [-0.2, 0) is 0 Å². The van der Waals surface area contributed by atoms with Crippen molar-refractivity contribution in [3.05, 3.63) is 0 Å². The predicted octanol–water partition coefficient (Wildman–Crippen LogP) is 2.27. The number of nitrogens with two attached hydrogens (primary N) is 1. The Kier molecular flexibility index (Phi) is 7.41. The van der Waals surface area contributed by atoms with Crippen LogP contribution in [0.3, 0.4) is 0 Å². The SMILES string of the molecule is CCCC[SiH](N)CCCC. The molecule has 0 atom stereocenters. The monoisotopic (exact) mass is 159 g/mol. The van der Waals surface area contributed by atoms with Gasteiger partial charge in [-0.15, -0.1) is 0 Å². The lowest BCUT2D eigenvalue weighted by atomic mass is 10.4. The Bertz CT molecular complexity index is 58.3. The van der Waals surface area contributed by atoms with Gasteiger partial charge in [0.2, 0.25) is 0 Å². The molecule has 10 heavy (non-hydrogen) atoms. The van der Waals surface area contributed by atoms with Gasteiger partial charge in [0.05, 0.1) is 0 Å². The van der Waals surface area contributed by atoms with Gasteiger partial charge < -0.3 is 5.40 Å². The molecule has 0 unspecified atom stereocenters. The largest absolute Gasteiger partial charge is 0.353 e. The van der Waals surface area contributed by atoms with Crippen molar-refractivity contribution in [2.45, 2.75) is 51.6 Å². The molecule has 0 saturated carbocycles. The van der Waals surface area contributed by atoms with Crippen molar-refractivity contribution < 1.29 is 0 Å². The molecule has 62 valence electrons. The van der Waals surface area contributed by atoms with E-state index in [1.807, 2.05) is 0 Å². The van der Waals surface area contributed by atoms with Crippen molar-refractivity contribution >= 4 is 8.96 Å². The third-order valence-corrected chi connectivity index (χ3v) is 4.16. The summed E-state index contributed by atoms with van der Waals surface area (Å²) in [6.07, 6.45) is 5.34. The predicted molar refractivity (Wildman–Crippen MR) is 50.8 cm³/mol. The molecule has 0 bridgehead atoms. The molecule has 0 aromatic carbocycles. The van der Waals surface area contributed by atoms with Crippen molar-refractivity contribution in [1.82, 2.24) is 0 Å². The summed E-state index contributed by atoms with van der Waals surface area (Å²) in [4.78, 5) is 0. The summed E-state index contributed by atoms with van der Waals surface area (Å²) in [7, 11) is -0.737. The molecule has 0 aromatic rings. The Balaban J connectivity index is 3.00. The van der Waals surface area contributed by atoms with Gasteiger partial charge in [-0.05, 0) is 12.1 Å². The van der Waals surface area contributed by atoms with Crippen molar-refractivity contribution in [2.24, 2.45) is 5.40 Å². The topological polar surface area (TPSA) is 26.0 Å². The van der Waals surface area contributed by atoms with Gasteiger partial charge in [-0.3, -0.25) is 0 Å². The van der Waals surface area contributed by atoms with Crippen molar-refractivity contribution in [3.8, 4) is 0 Å². The second-order valence-corrected chi connectivity index (χ2v) is 5.72. The minimum absolute atomic E-state index is 0.737. The van der Waals surface area contributed by atoms with Gasteiger partial charge in [-0.25, -0.2) is 0 Å². The fourth-order valence-corrected chi connectivity index (χ4v) is 3.23. The zero-order chi connectivity index (χ0) is 7.82. The van der Waals surface area contributed by atoms with E-state index in [4.69, 9.17) is 5.40 Å². The summed E-state index contributed by atoms with van der Waals surface area (Å²) in [6.45, 7) is 4.47. The van der Waals surface area contributed by atoms with E-state index in [0.717, 1.165) is 0 Å². The summed E-state index contributed by atoms with van der Waals surface area (Å²) < 4.78 is 0. The van der Waals surface area contributed by atoms with Crippen LogP contribution in [0.1, 0.15) is 39.5 Å². The summed E-state index contributed by atoms with van der Waals surface area (Å²) >= 11 is 0. The molecule has 0 aliphatic carbocycles. The van der Waals surface area contributed by atoms with Crippen LogP contribution in [0.15, 0.2) is 0 Å². The number of rotatable bonds is 6. The highest BCUT2D eigenvalue weighted by Gasteiger charge is 2.01. The normalized spacial score (nSPS) is 10.8. The maximum absolute atomic E-state index is 5.98. The molecule has 0 saturated heterocycles. The molecular weight excluding hydrogens is 138 g/mol. The molecule has 2 heteroatoms. The maximum Gasteiger partial charge on any atom is 0.106 e. The van der Waals surface area contributed by atoms with E-state index in [-0.39, 0.29) is 0 Å². The van der Waals surface area contributed by atoms with Crippen LogP contribution in [0.4, 0.5) is 0 Å². The Morgan fingerprint density at radius 2 is 1.40 bits per heavy atom. The second kappa shape index (κ2) is 7.29. The average Bonchev–Trinajstić information content (AvgIpc) is 1.97. The van der Waals surface area contributed by atoms with Gasteiger partial charge in [0, 0.05) is 0 Å². The highest BCUT2D eigenvalue weighted by atomic mass is 28.3. The highest BCUT2D eigenvalue weighted by molar-refractivity contribution is 6.55. The molecule has 2 N–H and O–H groups in total. The molecule has 1 nitrogen and oxygen atoms in total. The standard InChI is InChI=1S/C8H21NSi/c1-3-5-7-10(9)8-6-4-2/h10H,3-9H2,1-2H3.